The maximum atomic E-state index is 10.1. The molecule has 98 valence electrons. The number of benzene rings is 1. The van der Waals surface area contributed by atoms with Crippen LogP contribution in [0.5, 0.6) is 0 Å². The van der Waals surface area contributed by atoms with Crippen LogP contribution in [0.4, 0.5) is 0 Å². The minimum Gasteiger partial charge on any atom is -0.390 e. The standard InChI is InChI=1S/C15H16N2O2/c1-9-2-3-10-11(4-9)15(12-6-19-7-14(12)18)17-8-16-5-13(10)17/h2-5,8,12,14-15,18H,6-7H2,1H3/t12-,14-,15?/m0/s1. The molecule has 2 aliphatic rings. The highest BCUT2D eigenvalue weighted by Crippen LogP contribution is 2.45. The predicted octanol–water partition coefficient (Wildman–Crippen LogP) is 1.77. The molecule has 0 radical (unpaired) electrons. The number of imidazole rings is 1. The zero-order valence-electron chi connectivity index (χ0n) is 10.8. The number of aliphatic hydroxyl groups excluding tert-OH is 1. The van der Waals surface area contributed by atoms with Crippen LogP contribution in [-0.4, -0.2) is 34.0 Å². The maximum absolute atomic E-state index is 10.1. The number of hydrogen-bond donors (Lipinski definition) is 1. The molecular weight excluding hydrogens is 240 g/mol. The van der Waals surface area contributed by atoms with Gasteiger partial charge in [-0.05, 0) is 12.5 Å². The van der Waals surface area contributed by atoms with Crippen LogP contribution in [0.1, 0.15) is 17.2 Å². The van der Waals surface area contributed by atoms with Crippen molar-refractivity contribution in [3.05, 3.63) is 41.9 Å². The monoisotopic (exact) mass is 256 g/mol. The highest BCUT2D eigenvalue weighted by Gasteiger charge is 2.40. The van der Waals surface area contributed by atoms with Gasteiger partial charge in [-0.3, -0.25) is 0 Å². The molecule has 1 aromatic heterocycles. The second-order valence-corrected chi connectivity index (χ2v) is 5.49. The maximum Gasteiger partial charge on any atom is 0.0956 e. The summed E-state index contributed by atoms with van der Waals surface area (Å²) < 4.78 is 7.61. The van der Waals surface area contributed by atoms with Crippen LogP contribution in [0.25, 0.3) is 11.3 Å². The summed E-state index contributed by atoms with van der Waals surface area (Å²) >= 11 is 0. The number of rotatable bonds is 1. The molecule has 4 heteroatoms. The fraction of sp³-hybridized carbons (Fsp3) is 0.400. The van der Waals surface area contributed by atoms with E-state index >= 15 is 0 Å². The van der Waals surface area contributed by atoms with Gasteiger partial charge in [-0.15, -0.1) is 0 Å². The number of fused-ring (bicyclic) bond motifs is 3. The predicted molar refractivity (Wildman–Crippen MR) is 70.9 cm³/mol. The smallest absolute Gasteiger partial charge is 0.0956 e. The number of ether oxygens (including phenoxy) is 1. The van der Waals surface area contributed by atoms with Gasteiger partial charge in [0, 0.05) is 11.5 Å². The van der Waals surface area contributed by atoms with E-state index in [0.29, 0.717) is 13.2 Å². The van der Waals surface area contributed by atoms with Gasteiger partial charge < -0.3 is 14.4 Å². The van der Waals surface area contributed by atoms with Gasteiger partial charge in [-0.25, -0.2) is 4.98 Å². The molecule has 4 nitrogen and oxygen atoms in total. The number of aliphatic hydroxyl groups is 1. The second kappa shape index (κ2) is 3.92. The molecule has 0 aliphatic carbocycles. The molecule has 0 saturated carbocycles. The molecular formula is C15H16N2O2. The number of hydrogen-bond acceptors (Lipinski definition) is 3. The number of aromatic nitrogens is 2. The minimum atomic E-state index is -0.397. The first-order valence-corrected chi connectivity index (χ1v) is 6.64. The molecule has 3 heterocycles. The zero-order valence-corrected chi connectivity index (χ0v) is 10.8. The molecule has 0 bridgehead atoms. The summed E-state index contributed by atoms with van der Waals surface area (Å²) in [7, 11) is 0. The molecule has 3 atom stereocenters. The van der Waals surface area contributed by atoms with Crippen LogP contribution in [0, 0.1) is 12.8 Å². The Morgan fingerprint density at radius 1 is 1.37 bits per heavy atom. The lowest BCUT2D eigenvalue weighted by Crippen LogP contribution is -2.27. The van der Waals surface area contributed by atoms with Gasteiger partial charge >= 0.3 is 0 Å². The highest BCUT2D eigenvalue weighted by molar-refractivity contribution is 5.69. The lowest BCUT2D eigenvalue weighted by Gasteiger charge is -2.23. The van der Waals surface area contributed by atoms with Crippen LogP contribution in [-0.2, 0) is 4.74 Å². The van der Waals surface area contributed by atoms with Crippen molar-refractivity contribution in [1.82, 2.24) is 9.55 Å². The normalized spacial score (nSPS) is 28.4. The molecule has 1 saturated heterocycles. The van der Waals surface area contributed by atoms with Crippen molar-refractivity contribution in [1.29, 1.82) is 0 Å². The molecule has 4 rings (SSSR count). The van der Waals surface area contributed by atoms with E-state index in [1.165, 1.54) is 16.7 Å². The van der Waals surface area contributed by atoms with E-state index in [1.807, 2.05) is 12.5 Å². The summed E-state index contributed by atoms with van der Waals surface area (Å²) in [5.74, 6) is 0.107. The zero-order chi connectivity index (χ0) is 13.0. The van der Waals surface area contributed by atoms with Crippen molar-refractivity contribution in [2.45, 2.75) is 19.1 Å². The third-order valence-electron chi connectivity index (χ3n) is 4.27. The summed E-state index contributed by atoms with van der Waals surface area (Å²) in [4.78, 5) is 4.25. The molecule has 1 N–H and O–H groups in total. The Morgan fingerprint density at radius 3 is 3.05 bits per heavy atom. The van der Waals surface area contributed by atoms with E-state index < -0.39 is 6.10 Å². The van der Waals surface area contributed by atoms with E-state index in [4.69, 9.17) is 4.74 Å². The largest absolute Gasteiger partial charge is 0.390 e. The Bertz CT molecular complexity index is 635. The van der Waals surface area contributed by atoms with Gasteiger partial charge in [-0.1, -0.05) is 23.8 Å². The highest BCUT2D eigenvalue weighted by atomic mass is 16.5. The Kier molecular flexibility index (Phi) is 2.31. The summed E-state index contributed by atoms with van der Waals surface area (Å²) in [6.45, 7) is 3.15. The molecule has 0 spiro atoms. The van der Waals surface area contributed by atoms with Gasteiger partial charge in [0.1, 0.15) is 0 Å². The quantitative estimate of drug-likeness (QED) is 0.846. The van der Waals surface area contributed by atoms with E-state index in [9.17, 15) is 5.11 Å². The number of aryl methyl sites for hydroxylation is 1. The minimum absolute atomic E-state index is 0.107. The topological polar surface area (TPSA) is 47.3 Å². The molecule has 1 aromatic carbocycles. The second-order valence-electron chi connectivity index (χ2n) is 5.49. The van der Waals surface area contributed by atoms with Crippen molar-refractivity contribution in [2.24, 2.45) is 5.92 Å². The molecule has 0 amide bonds. The fourth-order valence-corrected chi connectivity index (χ4v) is 3.34. The Morgan fingerprint density at radius 2 is 2.26 bits per heavy atom. The van der Waals surface area contributed by atoms with Crippen molar-refractivity contribution < 1.29 is 9.84 Å². The molecule has 1 fully saturated rings. The summed E-state index contributed by atoms with van der Waals surface area (Å²) in [6, 6.07) is 6.64. The lowest BCUT2D eigenvalue weighted by atomic mass is 9.89. The van der Waals surface area contributed by atoms with Crippen LogP contribution in [0.2, 0.25) is 0 Å². The first-order valence-electron chi connectivity index (χ1n) is 6.64. The SMILES string of the molecule is Cc1ccc2c(c1)C([C@H]1COC[C@@H]1O)n1cncc1-2. The first kappa shape index (κ1) is 11.2. The summed E-state index contributed by atoms with van der Waals surface area (Å²) in [6.07, 6.45) is 3.36. The van der Waals surface area contributed by atoms with Crippen LogP contribution in [0.3, 0.4) is 0 Å². The average molecular weight is 256 g/mol. The van der Waals surface area contributed by atoms with Crippen LogP contribution < -0.4 is 0 Å². The molecule has 19 heavy (non-hydrogen) atoms. The van der Waals surface area contributed by atoms with Crippen molar-refractivity contribution >= 4 is 0 Å². The molecule has 2 aromatic rings. The van der Waals surface area contributed by atoms with Crippen molar-refractivity contribution in [2.75, 3.05) is 13.2 Å². The summed E-state index contributed by atoms with van der Waals surface area (Å²) in [5.41, 5.74) is 4.90. The van der Waals surface area contributed by atoms with Crippen molar-refractivity contribution in [3.63, 3.8) is 0 Å². The first-order chi connectivity index (χ1) is 9.25. The Hall–Kier alpha value is -1.65. The van der Waals surface area contributed by atoms with Crippen LogP contribution >= 0.6 is 0 Å². The Labute approximate surface area is 111 Å². The fourth-order valence-electron chi connectivity index (χ4n) is 3.34. The van der Waals surface area contributed by atoms with Crippen molar-refractivity contribution in [3.8, 4) is 11.3 Å². The molecule has 2 aliphatic heterocycles. The van der Waals surface area contributed by atoms with Gasteiger partial charge in [-0.2, -0.15) is 0 Å². The van der Waals surface area contributed by atoms with Gasteiger partial charge in [0.05, 0.1) is 43.6 Å². The number of nitrogens with zero attached hydrogens (tertiary/aromatic N) is 2. The average Bonchev–Trinajstić information content (AvgIpc) is 3.05. The third-order valence-corrected chi connectivity index (χ3v) is 4.27. The molecule has 1 unspecified atom stereocenters. The van der Waals surface area contributed by atoms with E-state index in [0.717, 1.165) is 5.69 Å². The third kappa shape index (κ3) is 1.50. The van der Waals surface area contributed by atoms with E-state index in [-0.39, 0.29) is 12.0 Å². The summed E-state index contributed by atoms with van der Waals surface area (Å²) in [5, 5.41) is 10.1. The van der Waals surface area contributed by atoms with Gasteiger partial charge in [0.25, 0.3) is 0 Å². The van der Waals surface area contributed by atoms with Gasteiger partial charge in [0.2, 0.25) is 0 Å². The van der Waals surface area contributed by atoms with Gasteiger partial charge in [0.15, 0.2) is 0 Å². The lowest BCUT2D eigenvalue weighted by molar-refractivity contribution is 0.111. The Balaban J connectivity index is 1.90. The van der Waals surface area contributed by atoms with Crippen LogP contribution in [0.15, 0.2) is 30.7 Å². The van der Waals surface area contributed by atoms with E-state index in [1.54, 1.807) is 0 Å². The van der Waals surface area contributed by atoms with E-state index in [2.05, 4.69) is 34.7 Å².